The number of nitrogens with zero attached hydrogens (tertiary/aromatic N) is 4. The lowest BCUT2D eigenvalue weighted by molar-refractivity contribution is 0.768. The molecule has 7 rings (SSSR count). The molecule has 0 fully saturated rings. The van der Waals surface area contributed by atoms with Crippen molar-refractivity contribution in [3.05, 3.63) is 209 Å². The van der Waals surface area contributed by atoms with Crippen molar-refractivity contribution in [1.29, 1.82) is 0 Å². The first-order chi connectivity index (χ1) is 26.0. The normalized spacial score (nSPS) is 13.8. The van der Waals surface area contributed by atoms with E-state index in [1.807, 2.05) is 70.2 Å². The number of terminal acetylenes is 1. The molecule has 1 aliphatic carbocycles. The quantitative estimate of drug-likeness (QED) is 0.112. The van der Waals surface area contributed by atoms with Crippen LogP contribution < -0.4 is 0 Å². The number of fused-ring (bicyclic) bond motifs is 3. The molecule has 0 atom stereocenters. The number of pyridine rings is 1. The lowest BCUT2D eigenvalue weighted by Crippen LogP contribution is -2.28. The summed E-state index contributed by atoms with van der Waals surface area (Å²) in [5, 5.41) is 0. The molecule has 0 radical (unpaired) electrons. The second-order valence-corrected chi connectivity index (χ2v) is 12.9. The highest BCUT2D eigenvalue weighted by molar-refractivity contribution is 5.88. The van der Waals surface area contributed by atoms with Gasteiger partial charge in [0, 0.05) is 28.1 Å². The van der Waals surface area contributed by atoms with Gasteiger partial charge in [0.25, 0.3) is 0 Å². The van der Waals surface area contributed by atoms with E-state index in [4.69, 9.17) is 21.4 Å². The van der Waals surface area contributed by atoms with Crippen LogP contribution in [0.5, 0.6) is 0 Å². The van der Waals surface area contributed by atoms with Crippen LogP contribution in [0, 0.1) is 26.2 Å². The van der Waals surface area contributed by atoms with Crippen LogP contribution in [0.4, 0.5) is 0 Å². The van der Waals surface area contributed by atoms with Gasteiger partial charge in [0.1, 0.15) is 0 Å². The fraction of sp³-hybridized carbons (Fsp3) is 0.102. The van der Waals surface area contributed by atoms with Crippen molar-refractivity contribution < 1.29 is 0 Å². The van der Waals surface area contributed by atoms with E-state index in [2.05, 4.69) is 126 Å². The monoisotopic (exact) mass is 684 g/mol. The van der Waals surface area contributed by atoms with Crippen LogP contribution in [0.15, 0.2) is 158 Å². The molecule has 4 heteroatoms. The second-order valence-electron chi connectivity index (χ2n) is 12.9. The molecular formula is C49H40N4. The van der Waals surface area contributed by atoms with Crippen LogP contribution in [0.1, 0.15) is 64.7 Å². The lowest BCUT2D eigenvalue weighted by atomic mass is 9.67. The summed E-state index contributed by atoms with van der Waals surface area (Å²) in [4.78, 5) is 19.9. The highest BCUT2D eigenvalue weighted by Gasteiger charge is 2.46. The molecule has 4 aromatic carbocycles. The molecule has 0 N–H and O–H groups in total. The molecule has 6 aromatic rings. The summed E-state index contributed by atoms with van der Waals surface area (Å²) in [5.41, 5.74) is 12.3. The maximum Gasteiger partial charge on any atom is 0.164 e. The number of rotatable bonds is 9. The van der Waals surface area contributed by atoms with E-state index >= 15 is 0 Å². The van der Waals surface area contributed by atoms with Gasteiger partial charge >= 0.3 is 0 Å². The first kappa shape index (κ1) is 34.7. The maximum atomic E-state index is 5.63. The van der Waals surface area contributed by atoms with Gasteiger partial charge < -0.3 is 0 Å². The van der Waals surface area contributed by atoms with Gasteiger partial charge in [-0.05, 0) is 90.9 Å². The Bertz CT molecular complexity index is 2450. The average Bonchev–Trinajstić information content (AvgIpc) is 3.49. The van der Waals surface area contributed by atoms with Gasteiger partial charge in [0.2, 0.25) is 0 Å². The lowest BCUT2D eigenvalue weighted by Gasteiger charge is -2.34. The molecule has 0 bridgehead atoms. The summed E-state index contributed by atoms with van der Waals surface area (Å²) in [7, 11) is 0. The SMILES string of the molecule is C#C/C=C\C(=C/C)c1nc(C(/C=C\C)=C/C=C/c2ccc(C)nc2C)nc(-c2ccc3c(c2)C(c2ccccc2)(c2ccccc2)c2ccccc2-3)n1. The van der Waals surface area contributed by atoms with Gasteiger partial charge in [-0.3, -0.25) is 4.98 Å². The zero-order valence-corrected chi connectivity index (χ0v) is 30.5. The molecule has 1 aliphatic rings. The van der Waals surface area contributed by atoms with Gasteiger partial charge in [-0.15, -0.1) is 6.42 Å². The fourth-order valence-corrected chi connectivity index (χ4v) is 7.30. The van der Waals surface area contributed by atoms with Crippen molar-refractivity contribution >= 4 is 17.2 Å². The number of aromatic nitrogens is 4. The topological polar surface area (TPSA) is 51.6 Å². The minimum Gasteiger partial charge on any atom is -0.258 e. The van der Waals surface area contributed by atoms with Crippen molar-refractivity contribution in [2.45, 2.75) is 33.1 Å². The highest BCUT2D eigenvalue weighted by Crippen LogP contribution is 2.56. The Morgan fingerprint density at radius 2 is 1.32 bits per heavy atom. The summed E-state index contributed by atoms with van der Waals surface area (Å²) in [6.45, 7) is 7.98. The molecular weight excluding hydrogens is 645 g/mol. The minimum absolute atomic E-state index is 0.540. The Balaban J connectivity index is 1.45. The van der Waals surface area contributed by atoms with Gasteiger partial charge in [-0.1, -0.05) is 146 Å². The van der Waals surface area contributed by atoms with Crippen LogP contribution in [0.3, 0.4) is 0 Å². The Morgan fingerprint density at radius 3 is 1.98 bits per heavy atom. The van der Waals surface area contributed by atoms with Crippen LogP contribution in [0.2, 0.25) is 0 Å². The first-order valence-electron chi connectivity index (χ1n) is 17.8. The van der Waals surface area contributed by atoms with Gasteiger partial charge in [-0.2, -0.15) is 0 Å². The predicted octanol–water partition coefficient (Wildman–Crippen LogP) is 11.2. The molecule has 0 unspecified atom stereocenters. The molecule has 0 amide bonds. The number of aryl methyl sites for hydroxylation is 2. The molecule has 0 saturated heterocycles. The number of allylic oxidation sites excluding steroid dienone is 9. The van der Waals surface area contributed by atoms with E-state index in [1.165, 1.54) is 33.4 Å². The van der Waals surface area contributed by atoms with Gasteiger partial charge in [0.15, 0.2) is 17.5 Å². The number of benzene rings is 4. The number of hydrogen-bond acceptors (Lipinski definition) is 4. The first-order valence-corrected chi connectivity index (χ1v) is 17.8. The van der Waals surface area contributed by atoms with Crippen molar-refractivity contribution in [2.75, 3.05) is 0 Å². The van der Waals surface area contributed by atoms with Gasteiger partial charge in [0.05, 0.1) is 5.41 Å². The molecule has 2 aromatic heterocycles. The van der Waals surface area contributed by atoms with E-state index in [1.54, 1.807) is 6.08 Å². The molecule has 0 aliphatic heterocycles. The third-order valence-corrected chi connectivity index (χ3v) is 9.70. The van der Waals surface area contributed by atoms with Crippen molar-refractivity contribution in [3.63, 3.8) is 0 Å². The van der Waals surface area contributed by atoms with E-state index < -0.39 is 5.41 Å². The molecule has 4 nitrogen and oxygen atoms in total. The minimum atomic E-state index is -0.545. The van der Waals surface area contributed by atoms with E-state index in [0.717, 1.165) is 33.7 Å². The zero-order chi connectivity index (χ0) is 36.8. The smallest absolute Gasteiger partial charge is 0.164 e. The fourth-order valence-electron chi connectivity index (χ4n) is 7.30. The molecule has 0 saturated carbocycles. The summed E-state index contributed by atoms with van der Waals surface area (Å²) >= 11 is 0. The van der Waals surface area contributed by atoms with E-state index in [-0.39, 0.29) is 0 Å². The average molecular weight is 685 g/mol. The van der Waals surface area contributed by atoms with E-state index in [9.17, 15) is 0 Å². The largest absolute Gasteiger partial charge is 0.258 e. The molecule has 53 heavy (non-hydrogen) atoms. The highest BCUT2D eigenvalue weighted by atomic mass is 15.0. The Morgan fingerprint density at radius 1 is 0.660 bits per heavy atom. The summed E-state index contributed by atoms with van der Waals surface area (Å²) in [6.07, 6.45) is 21.3. The van der Waals surface area contributed by atoms with E-state index in [0.29, 0.717) is 17.5 Å². The van der Waals surface area contributed by atoms with Gasteiger partial charge in [-0.25, -0.2) is 15.0 Å². The van der Waals surface area contributed by atoms with Crippen LogP contribution in [-0.2, 0) is 5.41 Å². The summed E-state index contributed by atoms with van der Waals surface area (Å²) < 4.78 is 0. The summed E-state index contributed by atoms with van der Waals surface area (Å²) in [5.74, 6) is 4.28. The Kier molecular flexibility index (Phi) is 10.0. The Labute approximate surface area is 312 Å². The second kappa shape index (κ2) is 15.3. The van der Waals surface area contributed by atoms with Crippen LogP contribution in [-0.4, -0.2) is 19.9 Å². The molecule has 256 valence electrons. The molecule has 2 heterocycles. The van der Waals surface area contributed by atoms with Crippen LogP contribution >= 0.6 is 0 Å². The van der Waals surface area contributed by atoms with Crippen molar-refractivity contribution in [1.82, 2.24) is 19.9 Å². The Hall–Kier alpha value is -6.70. The molecule has 0 spiro atoms. The van der Waals surface area contributed by atoms with Crippen molar-refractivity contribution in [3.8, 4) is 34.9 Å². The third-order valence-electron chi connectivity index (χ3n) is 9.70. The number of hydrogen-bond donors (Lipinski definition) is 0. The van der Waals surface area contributed by atoms with Crippen LogP contribution in [0.25, 0.3) is 39.7 Å². The zero-order valence-electron chi connectivity index (χ0n) is 30.5. The summed E-state index contributed by atoms with van der Waals surface area (Å²) in [6, 6.07) is 41.1. The maximum absolute atomic E-state index is 5.63. The third kappa shape index (κ3) is 6.62. The predicted molar refractivity (Wildman–Crippen MR) is 220 cm³/mol. The standard InChI is InChI=1S/C49H40N4/c1-6-9-20-36(8-3)46-51-47(38(19-7-2)22-18-21-37-30-29-34(4)50-35(37)5)53-48(52-46)39-31-32-43-42-27-16-17-28-44(42)49(45(43)33-39,40-23-12-10-13-24-40)41-25-14-11-15-26-41/h1,7-33H,2-5H3/b19-7-,20-9-,21-18+,36-8+,38-22+. The van der Waals surface area contributed by atoms with Crippen molar-refractivity contribution in [2.24, 2.45) is 0 Å².